The lowest BCUT2D eigenvalue weighted by molar-refractivity contribution is -0.137. The molecule has 1 unspecified atom stereocenters. The van der Waals surface area contributed by atoms with Crippen LogP contribution in [0.3, 0.4) is 0 Å². The SMILES string of the molecule is CC(C)c1nnnn1-c1cc(C(=O)CC2(C)CCS(=O)(=O)C2)cc(-c2ccc(C(F)(F)F)cc2)c1. The van der Waals surface area contributed by atoms with Gasteiger partial charge in [-0.1, -0.05) is 32.9 Å². The Morgan fingerprint density at radius 1 is 1.11 bits per heavy atom. The first kappa shape index (κ1) is 25.0. The van der Waals surface area contributed by atoms with E-state index in [1.807, 2.05) is 13.8 Å². The van der Waals surface area contributed by atoms with Crippen LogP contribution in [0.25, 0.3) is 16.8 Å². The lowest BCUT2D eigenvalue weighted by Gasteiger charge is -2.21. The Morgan fingerprint density at radius 3 is 2.37 bits per heavy atom. The molecule has 0 amide bonds. The number of aromatic nitrogens is 4. The van der Waals surface area contributed by atoms with Gasteiger partial charge in [0.05, 0.1) is 22.8 Å². The number of tetrazole rings is 1. The molecule has 1 fully saturated rings. The van der Waals surface area contributed by atoms with Crippen molar-refractivity contribution in [3.63, 3.8) is 0 Å². The lowest BCUT2D eigenvalue weighted by Crippen LogP contribution is -2.22. The number of ketones is 1. The Kier molecular flexibility index (Phi) is 6.33. The largest absolute Gasteiger partial charge is 0.416 e. The number of hydrogen-bond donors (Lipinski definition) is 0. The Balaban J connectivity index is 1.77. The zero-order valence-corrected chi connectivity index (χ0v) is 20.3. The third-order valence-corrected chi connectivity index (χ3v) is 8.18. The molecule has 0 saturated carbocycles. The van der Waals surface area contributed by atoms with Crippen molar-refractivity contribution in [2.24, 2.45) is 5.41 Å². The third kappa shape index (κ3) is 5.44. The molecule has 3 aromatic rings. The first-order chi connectivity index (χ1) is 16.3. The predicted octanol–water partition coefficient (Wildman–Crippen LogP) is 4.87. The van der Waals surface area contributed by atoms with E-state index >= 15 is 0 Å². The van der Waals surface area contributed by atoms with Crippen molar-refractivity contribution in [3.05, 3.63) is 59.4 Å². The quantitative estimate of drug-likeness (QED) is 0.443. The summed E-state index contributed by atoms with van der Waals surface area (Å²) in [5, 5.41) is 11.8. The maximum Gasteiger partial charge on any atom is 0.416 e. The van der Waals surface area contributed by atoms with Crippen molar-refractivity contribution in [1.29, 1.82) is 0 Å². The molecule has 1 aromatic heterocycles. The van der Waals surface area contributed by atoms with Gasteiger partial charge < -0.3 is 0 Å². The number of rotatable bonds is 6. The lowest BCUT2D eigenvalue weighted by atomic mass is 9.83. The molecule has 0 spiro atoms. The van der Waals surface area contributed by atoms with E-state index in [9.17, 15) is 26.4 Å². The van der Waals surface area contributed by atoms with Gasteiger partial charge in [-0.3, -0.25) is 4.79 Å². The molecule has 0 N–H and O–H groups in total. The highest BCUT2D eigenvalue weighted by Crippen LogP contribution is 2.37. The minimum absolute atomic E-state index is 0.0264. The van der Waals surface area contributed by atoms with Gasteiger partial charge in [0.25, 0.3) is 0 Å². The first-order valence-corrected chi connectivity index (χ1v) is 12.9. The Hall–Kier alpha value is -3.08. The smallest absolute Gasteiger partial charge is 0.294 e. The van der Waals surface area contributed by atoms with Gasteiger partial charge in [-0.15, -0.1) is 5.10 Å². The molecule has 0 bridgehead atoms. The van der Waals surface area contributed by atoms with Gasteiger partial charge in [0.15, 0.2) is 21.4 Å². The summed E-state index contributed by atoms with van der Waals surface area (Å²) in [4.78, 5) is 13.3. The average Bonchev–Trinajstić information content (AvgIpc) is 3.37. The molecule has 0 aliphatic carbocycles. The molecule has 186 valence electrons. The van der Waals surface area contributed by atoms with Gasteiger partial charge in [-0.2, -0.15) is 17.9 Å². The Labute approximate surface area is 201 Å². The fraction of sp³-hybridized carbons (Fsp3) is 0.417. The molecule has 1 atom stereocenters. The van der Waals surface area contributed by atoms with E-state index in [4.69, 9.17) is 0 Å². The van der Waals surface area contributed by atoms with Gasteiger partial charge in [0, 0.05) is 17.9 Å². The summed E-state index contributed by atoms with van der Waals surface area (Å²) in [6, 6.07) is 9.64. The van der Waals surface area contributed by atoms with Gasteiger partial charge in [0.1, 0.15) is 0 Å². The average molecular weight is 507 g/mol. The van der Waals surface area contributed by atoms with Crippen LogP contribution in [0.1, 0.15) is 61.3 Å². The number of hydrogen-bond acceptors (Lipinski definition) is 6. The monoisotopic (exact) mass is 506 g/mol. The number of Topliss-reactive ketones (excluding diaryl/α,β-unsaturated/α-hetero) is 1. The second-order valence-corrected chi connectivity index (χ2v) is 11.9. The fourth-order valence-corrected chi connectivity index (χ4v) is 6.61. The molecular weight excluding hydrogens is 481 g/mol. The first-order valence-electron chi connectivity index (χ1n) is 11.1. The minimum atomic E-state index is -4.46. The summed E-state index contributed by atoms with van der Waals surface area (Å²) >= 11 is 0. The molecule has 1 aliphatic rings. The molecule has 0 radical (unpaired) electrons. The van der Waals surface area contributed by atoms with E-state index in [0.717, 1.165) is 12.1 Å². The van der Waals surface area contributed by atoms with Crippen molar-refractivity contribution in [3.8, 4) is 16.8 Å². The third-order valence-electron chi connectivity index (χ3n) is 6.21. The fourth-order valence-electron chi connectivity index (χ4n) is 4.36. The van der Waals surface area contributed by atoms with Crippen LogP contribution in [0.15, 0.2) is 42.5 Å². The molecule has 1 aliphatic heterocycles. The predicted molar refractivity (Wildman–Crippen MR) is 124 cm³/mol. The van der Waals surface area contributed by atoms with Crippen molar-refractivity contribution in [2.45, 2.75) is 45.7 Å². The highest BCUT2D eigenvalue weighted by atomic mass is 32.2. The number of alkyl halides is 3. The topological polar surface area (TPSA) is 94.8 Å². The standard InChI is InChI=1S/C24H25F3N4O3S/c1-15(2)22-28-29-30-31(22)20-11-17(16-4-6-19(7-5-16)24(25,26)27)10-18(12-20)21(32)13-23(3)8-9-35(33,34)14-23/h4-7,10-12,15H,8-9,13-14H2,1-3H3. The second-order valence-electron chi connectivity index (χ2n) is 9.70. The molecule has 11 heteroatoms. The van der Waals surface area contributed by atoms with Crippen molar-refractivity contribution < 1.29 is 26.4 Å². The maximum atomic E-state index is 13.3. The minimum Gasteiger partial charge on any atom is -0.294 e. The van der Waals surface area contributed by atoms with Crippen LogP contribution in [0.2, 0.25) is 0 Å². The maximum absolute atomic E-state index is 13.3. The zero-order valence-electron chi connectivity index (χ0n) is 19.5. The highest BCUT2D eigenvalue weighted by molar-refractivity contribution is 7.91. The van der Waals surface area contributed by atoms with Crippen molar-refractivity contribution in [1.82, 2.24) is 20.2 Å². The molecule has 1 saturated heterocycles. The number of carbonyl (C=O) groups excluding carboxylic acids is 1. The number of carbonyl (C=O) groups is 1. The van der Waals surface area contributed by atoms with E-state index in [2.05, 4.69) is 15.5 Å². The van der Waals surface area contributed by atoms with Crippen LogP contribution in [0.4, 0.5) is 13.2 Å². The van der Waals surface area contributed by atoms with E-state index < -0.39 is 27.0 Å². The summed E-state index contributed by atoms with van der Waals surface area (Å²) < 4.78 is 64.6. The number of sulfone groups is 1. The summed E-state index contributed by atoms with van der Waals surface area (Å²) in [5.74, 6) is 0.277. The summed E-state index contributed by atoms with van der Waals surface area (Å²) in [6.45, 7) is 5.61. The zero-order chi connectivity index (χ0) is 25.6. The van der Waals surface area contributed by atoms with Crippen LogP contribution in [-0.2, 0) is 16.0 Å². The number of benzene rings is 2. The van der Waals surface area contributed by atoms with E-state index in [0.29, 0.717) is 34.6 Å². The number of nitrogens with zero attached hydrogens (tertiary/aromatic N) is 4. The molecule has 4 rings (SSSR count). The molecule has 35 heavy (non-hydrogen) atoms. The van der Waals surface area contributed by atoms with Gasteiger partial charge in [-0.05, 0) is 63.7 Å². The summed E-state index contributed by atoms with van der Waals surface area (Å²) in [6.07, 6.45) is -4.02. The van der Waals surface area contributed by atoms with E-state index in [1.165, 1.54) is 16.8 Å². The molecule has 2 aromatic carbocycles. The van der Waals surface area contributed by atoms with E-state index in [1.54, 1.807) is 25.1 Å². The van der Waals surface area contributed by atoms with Crippen molar-refractivity contribution >= 4 is 15.6 Å². The van der Waals surface area contributed by atoms with Gasteiger partial charge >= 0.3 is 6.18 Å². The summed E-state index contributed by atoms with van der Waals surface area (Å²) in [7, 11) is -3.18. The molecular formula is C24H25F3N4O3S. The van der Waals surface area contributed by atoms with Crippen LogP contribution >= 0.6 is 0 Å². The normalized spacial score (nSPS) is 19.9. The van der Waals surface area contributed by atoms with Gasteiger partial charge in [-0.25, -0.2) is 8.42 Å². The molecule has 2 heterocycles. The van der Waals surface area contributed by atoms with Crippen LogP contribution in [-0.4, -0.2) is 45.9 Å². The van der Waals surface area contributed by atoms with Crippen LogP contribution in [0, 0.1) is 5.41 Å². The Morgan fingerprint density at radius 2 is 1.80 bits per heavy atom. The van der Waals surface area contributed by atoms with E-state index in [-0.39, 0.29) is 29.6 Å². The van der Waals surface area contributed by atoms with Gasteiger partial charge in [0.2, 0.25) is 0 Å². The van der Waals surface area contributed by atoms with Crippen molar-refractivity contribution in [2.75, 3.05) is 11.5 Å². The highest BCUT2D eigenvalue weighted by Gasteiger charge is 2.40. The summed E-state index contributed by atoms with van der Waals surface area (Å²) in [5.41, 5.74) is 0.373. The Bertz CT molecular complexity index is 1370. The van der Waals surface area contributed by atoms with Crippen LogP contribution < -0.4 is 0 Å². The van der Waals surface area contributed by atoms with Crippen LogP contribution in [0.5, 0.6) is 0 Å². The second kappa shape index (κ2) is 8.85. The molecule has 7 nitrogen and oxygen atoms in total. The number of halogens is 3.